The van der Waals surface area contributed by atoms with Crippen molar-refractivity contribution in [1.29, 1.82) is 0 Å². The summed E-state index contributed by atoms with van der Waals surface area (Å²) in [5, 5.41) is 4.26. The Morgan fingerprint density at radius 1 is 1.20 bits per heavy atom. The quantitative estimate of drug-likeness (QED) is 0.523. The third-order valence-electron chi connectivity index (χ3n) is 4.18. The van der Waals surface area contributed by atoms with Gasteiger partial charge in [0.25, 0.3) is 0 Å². The van der Waals surface area contributed by atoms with Gasteiger partial charge in [-0.2, -0.15) is 5.10 Å². The maximum atomic E-state index is 6.06. The van der Waals surface area contributed by atoms with Crippen LogP contribution in [0.2, 0.25) is 0 Å². The summed E-state index contributed by atoms with van der Waals surface area (Å²) in [5.41, 5.74) is 10.1. The molecule has 2 atom stereocenters. The van der Waals surface area contributed by atoms with Gasteiger partial charge in [0.2, 0.25) is 0 Å². The molecule has 130 valence electrons. The molecule has 0 spiro atoms. The van der Waals surface area contributed by atoms with Gasteiger partial charge in [0.15, 0.2) is 5.82 Å². The van der Waals surface area contributed by atoms with Gasteiger partial charge in [-0.1, -0.05) is 18.2 Å². The largest absolute Gasteiger partial charge is 0.383 e. The Morgan fingerprint density at radius 2 is 2.08 bits per heavy atom. The van der Waals surface area contributed by atoms with Crippen LogP contribution in [0.1, 0.15) is 24.6 Å². The Morgan fingerprint density at radius 3 is 2.96 bits per heavy atom. The summed E-state index contributed by atoms with van der Waals surface area (Å²) < 4.78 is 7.85. The number of hydrogen-bond acceptors (Lipinski definition) is 7. The van der Waals surface area contributed by atoms with E-state index in [1.165, 1.54) is 6.33 Å². The SMILES string of the molecule is Nc1ncnn2c(C3CCC(CONOc4ccccc4)O3)ccc12. The summed E-state index contributed by atoms with van der Waals surface area (Å²) in [6, 6.07) is 13.3. The highest BCUT2D eigenvalue weighted by Crippen LogP contribution is 2.33. The molecule has 3 N–H and O–H groups in total. The molecule has 1 aromatic carbocycles. The molecular formula is C17H19N5O3. The molecule has 1 fully saturated rings. The van der Waals surface area contributed by atoms with E-state index in [4.69, 9.17) is 20.1 Å². The molecular weight excluding hydrogens is 322 g/mol. The van der Waals surface area contributed by atoms with Crippen molar-refractivity contribution in [1.82, 2.24) is 20.2 Å². The van der Waals surface area contributed by atoms with Crippen molar-refractivity contribution in [2.24, 2.45) is 0 Å². The first-order valence-corrected chi connectivity index (χ1v) is 8.13. The standard InChI is InChI=1S/C17H19N5O3/c18-17-15-8-7-14(22(15)20-11-19-17)16-9-6-13(24-16)10-23-21-25-12-4-2-1-3-5-12/h1-5,7-8,11,13,16,21H,6,9-10H2,(H2,18,19,20). The number of anilines is 1. The molecule has 2 unspecified atom stereocenters. The van der Waals surface area contributed by atoms with Gasteiger partial charge < -0.3 is 15.3 Å². The Labute approximate surface area is 144 Å². The summed E-state index contributed by atoms with van der Waals surface area (Å²) in [5.74, 6) is 1.14. The first kappa shape index (κ1) is 15.8. The van der Waals surface area contributed by atoms with E-state index < -0.39 is 0 Å². The lowest BCUT2D eigenvalue weighted by Gasteiger charge is -2.14. The van der Waals surface area contributed by atoms with Crippen molar-refractivity contribution in [2.75, 3.05) is 12.3 Å². The Hall–Kier alpha value is -2.68. The maximum absolute atomic E-state index is 6.06. The smallest absolute Gasteiger partial charge is 0.151 e. The molecule has 1 aliphatic heterocycles. The highest BCUT2D eigenvalue weighted by atomic mass is 16.9. The number of nitrogen functional groups attached to an aromatic ring is 1. The number of hydrogen-bond donors (Lipinski definition) is 2. The zero-order valence-electron chi connectivity index (χ0n) is 13.5. The van der Waals surface area contributed by atoms with E-state index in [9.17, 15) is 0 Å². The number of rotatable bonds is 6. The van der Waals surface area contributed by atoms with Crippen molar-refractivity contribution in [2.45, 2.75) is 25.0 Å². The molecule has 0 aliphatic carbocycles. The molecule has 8 nitrogen and oxygen atoms in total. The molecule has 3 aromatic rings. The lowest BCUT2D eigenvalue weighted by atomic mass is 10.1. The van der Waals surface area contributed by atoms with E-state index in [1.54, 1.807) is 4.52 Å². The summed E-state index contributed by atoms with van der Waals surface area (Å²) in [4.78, 5) is 14.6. The molecule has 8 heteroatoms. The number of nitrogens with one attached hydrogen (secondary N) is 1. The van der Waals surface area contributed by atoms with Crippen LogP contribution in [-0.2, 0) is 9.57 Å². The molecule has 4 rings (SSSR count). The highest BCUT2D eigenvalue weighted by Gasteiger charge is 2.29. The number of fused-ring (bicyclic) bond motifs is 1. The van der Waals surface area contributed by atoms with Crippen LogP contribution in [0, 0.1) is 0 Å². The van der Waals surface area contributed by atoms with E-state index >= 15 is 0 Å². The van der Waals surface area contributed by atoms with Gasteiger partial charge in [0, 0.05) is 0 Å². The van der Waals surface area contributed by atoms with E-state index in [2.05, 4.69) is 15.7 Å². The average molecular weight is 341 g/mol. The lowest BCUT2D eigenvalue weighted by Crippen LogP contribution is -2.25. The van der Waals surface area contributed by atoms with Crippen LogP contribution in [0.5, 0.6) is 5.75 Å². The third kappa shape index (κ3) is 3.41. The lowest BCUT2D eigenvalue weighted by molar-refractivity contribution is -0.136. The molecule has 0 radical (unpaired) electrons. The van der Waals surface area contributed by atoms with Crippen LogP contribution < -0.4 is 16.2 Å². The fourth-order valence-corrected chi connectivity index (χ4v) is 2.96. The second-order valence-electron chi connectivity index (χ2n) is 5.83. The van der Waals surface area contributed by atoms with Gasteiger partial charge in [-0.05, 0) is 42.8 Å². The minimum Gasteiger partial charge on any atom is -0.383 e. The first-order chi connectivity index (χ1) is 12.3. The summed E-state index contributed by atoms with van der Waals surface area (Å²) in [7, 11) is 0. The topological polar surface area (TPSA) is 95.9 Å². The monoisotopic (exact) mass is 341 g/mol. The van der Waals surface area contributed by atoms with Gasteiger partial charge in [0.1, 0.15) is 23.7 Å². The normalized spacial score (nSPS) is 20.2. The minimum absolute atomic E-state index is 0.0124. The number of nitrogens with zero attached hydrogens (tertiary/aromatic N) is 3. The van der Waals surface area contributed by atoms with Crippen molar-refractivity contribution >= 4 is 11.3 Å². The molecule has 3 heterocycles. The molecule has 0 bridgehead atoms. The molecule has 25 heavy (non-hydrogen) atoms. The van der Waals surface area contributed by atoms with Gasteiger partial charge in [-0.3, -0.25) is 4.84 Å². The third-order valence-corrected chi connectivity index (χ3v) is 4.18. The molecule has 0 amide bonds. The number of ether oxygens (including phenoxy) is 1. The number of para-hydroxylation sites is 1. The van der Waals surface area contributed by atoms with Crippen molar-refractivity contribution in [3.05, 3.63) is 54.5 Å². The number of aromatic nitrogens is 3. The minimum atomic E-state index is -0.0413. The van der Waals surface area contributed by atoms with Crippen LogP contribution in [0.3, 0.4) is 0 Å². The number of nitrogens with two attached hydrogens (primary N) is 1. The Bertz CT molecular complexity index is 839. The molecule has 2 aromatic heterocycles. The van der Waals surface area contributed by atoms with Crippen LogP contribution in [-0.4, -0.2) is 27.3 Å². The van der Waals surface area contributed by atoms with E-state index in [0.717, 1.165) is 24.1 Å². The molecule has 1 aliphatic rings. The number of benzene rings is 1. The first-order valence-electron chi connectivity index (χ1n) is 8.13. The van der Waals surface area contributed by atoms with Gasteiger partial charge >= 0.3 is 0 Å². The Balaban J connectivity index is 1.30. The van der Waals surface area contributed by atoms with Crippen LogP contribution >= 0.6 is 0 Å². The van der Waals surface area contributed by atoms with Gasteiger partial charge in [0.05, 0.1) is 18.4 Å². The maximum Gasteiger partial charge on any atom is 0.151 e. The van der Waals surface area contributed by atoms with Crippen molar-refractivity contribution in [3.63, 3.8) is 0 Å². The van der Waals surface area contributed by atoms with Crippen LogP contribution in [0.15, 0.2) is 48.8 Å². The van der Waals surface area contributed by atoms with Gasteiger partial charge in [-0.25, -0.2) is 9.50 Å². The van der Waals surface area contributed by atoms with Crippen molar-refractivity contribution < 1.29 is 14.4 Å². The van der Waals surface area contributed by atoms with E-state index in [1.807, 2.05) is 42.5 Å². The zero-order chi connectivity index (χ0) is 17.1. The van der Waals surface area contributed by atoms with Crippen molar-refractivity contribution in [3.8, 4) is 5.75 Å². The second-order valence-corrected chi connectivity index (χ2v) is 5.83. The van der Waals surface area contributed by atoms with Crippen LogP contribution in [0.4, 0.5) is 5.82 Å². The van der Waals surface area contributed by atoms with E-state index in [0.29, 0.717) is 18.2 Å². The van der Waals surface area contributed by atoms with Crippen LogP contribution in [0.25, 0.3) is 5.52 Å². The zero-order valence-corrected chi connectivity index (χ0v) is 13.5. The second kappa shape index (κ2) is 7.06. The van der Waals surface area contributed by atoms with E-state index in [-0.39, 0.29) is 12.2 Å². The summed E-state index contributed by atoms with van der Waals surface area (Å²) in [6.07, 6.45) is 3.18. The predicted octanol–water partition coefficient (Wildman–Crippen LogP) is 2.05. The summed E-state index contributed by atoms with van der Waals surface area (Å²) >= 11 is 0. The molecule has 0 saturated carbocycles. The molecule has 1 saturated heterocycles. The predicted molar refractivity (Wildman–Crippen MR) is 90.4 cm³/mol. The average Bonchev–Trinajstić information content (AvgIpc) is 3.27. The Kier molecular flexibility index (Phi) is 4.47. The highest BCUT2D eigenvalue weighted by molar-refractivity contribution is 5.65. The fraction of sp³-hybridized carbons (Fsp3) is 0.294. The van der Waals surface area contributed by atoms with Gasteiger partial charge in [-0.15, -0.1) is 0 Å². The fourth-order valence-electron chi connectivity index (χ4n) is 2.96. The summed E-state index contributed by atoms with van der Waals surface area (Å²) in [6.45, 7) is 0.393.